The Morgan fingerprint density at radius 3 is 2.72 bits per heavy atom. The number of aromatic nitrogens is 1. The fourth-order valence-electron chi connectivity index (χ4n) is 3.33. The summed E-state index contributed by atoms with van der Waals surface area (Å²) in [5, 5.41) is 4.85. The maximum atomic E-state index is 13.0. The summed E-state index contributed by atoms with van der Waals surface area (Å²) in [6.45, 7) is 4.31. The number of nitrogens with zero attached hydrogens (tertiary/aromatic N) is 2. The van der Waals surface area contributed by atoms with Crippen LogP contribution in [0.2, 0.25) is 0 Å². The highest BCUT2D eigenvalue weighted by Crippen LogP contribution is 2.28. The molecule has 1 N–H and O–H groups in total. The van der Waals surface area contributed by atoms with Crippen molar-refractivity contribution < 1.29 is 18.7 Å². The van der Waals surface area contributed by atoms with E-state index in [4.69, 9.17) is 13.9 Å². The van der Waals surface area contributed by atoms with Crippen molar-refractivity contribution in [1.29, 1.82) is 0 Å². The first-order valence-corrected chi connectivity index (χ1v) is 10.2. The fourth-order valence-corrected chi connectivity index (χ4v) is 3.33. The van der Waals surface area contributed by atoms with E-state index in [1.165, 1.54) is 0 Å². The van der Waals surface area contributed by atoms with Gasteiger partial charge in [-0.1, -0.05) is 18.2 Å². The van der Waals surface area contributed by atoms with E-state index in [0.29, 0.717) is 40.6 Å². The molecule has 2 aromatic heterocycles. The van der Waals surface area contributed by atoms with Gasteiger partial charge in [0.1, 0.15) is 11.5 Å². The van der Waals surface area contributed by atoms with Crippen LogP contribution in [0, 0.1) is 6.92 Å². The SMILES string of the molecule is CCOc1ccc(/C=N/NC(=O)c2cc(-c3ccc(C)o3)nc3ccccc23)cc1OC. The third-order valence-corrected chi connectivity index (χ3v) is 4.82. The molecule has 0 bridgehead atoms. The van der Waals surface area contributed by atoms with E-state index >= 15 is 0 Å². The van der Waals surface area contributed by atoms with Crippen molar-refractivity contribution in [2.24, 2.45) is 5.10 Å². The number of benzene rings is 2. The van der Waals surface area contributed by atoms with Crippen molar-refractivity contribution in [1.82, 2.24) is 10.4 Å². The summed E-state index contributed by atoms with van der Waals surface area (Å²) in [5.41, 5.74) is 5.11. The topological polar surface area (TPSA) is 86.0 Å². The van der Waals surface area contributed by atoms with Crippen LogP contribution in [-0.4, -0.2) is 30.8 Å². The molecule has 7 nitrogen and oxygen atoms in total. The van der Waals surface area contributed by atoms with Crippen LogP contribution in [-0.2, 0) is 0 Å². The smallest absolute Gasteiger partial charge is 0.272 e. The Balaban J connectivity index is 1.60. The molecule has 2 heterocycles. The third-order valence-electron chi connectivity index (χ3n) is 4.82. The molecular formula is C25H23N3O4. The first kappa shape index (κ1) is 21.1. The van der Waals surface area contributed by atoms with Gasteiger partial charge in [0, 0.05) is 5.39 Å². The van der Waals surface area contributed by atoms with Crippen LogP contribution in [0.1, 0.15) is 28.6 Å². The summed E-state index contributed by atoms with van der Waals surface area (Å²) in [5.74, 6) is 2.28. The molecule has 0 spiro atoms. The number of carbonyl (C=O) groups is 1. The first-order valence-electron chi connectivity index (χ1n) is 10.2. The molecule has 4 aromatic rings. The molecule has 0 atom stereocenters. The highest BCUT2D eigenvalue weighted by Gasteiger charge is 2.15. The predicted molar refractivity (Wildman–Crippen MR) is 123 cm³/mol. The molecule has 2 aromatic carbocycles. The van der Waals surface area contributed by atoms with Crippen LogP contribution in [0.3, 0.4) is 0 Å². The lowest BCUT2D eigenvalue weighted by Gasteiger charge is -2.09. The number of rotatable bonds is 7. The van der Waals surface area contributed by atoms with Crippen molar-refractivity contribution in [3.05, 3.63) is 77.6 Å². The van der Waals surface area contributed by atoms with Crippen LogP contribution in [0.25, 0.3) is 22.4 Å². The number of hydrazone groups is 1. The van der Waals surface area contributed by atoms with E-state index in [-0.39, 0.29) is 5.91 Å². The lowest BCUT2D eigenvalue weighted by atomic mass is 10.1. The van der Waals surface area contributed by atoms with Gasteiger partial charge in [-0.05, 0) is 61.9 Å². The lowest BCUT2D eigenvalue weighted by molar-refractivity contribution is 0.0956. The number of furan rings is 1. The number of hydrogen-bond acceptors (Lipinski definition) is 6. The Morgan fingerprint density at radius 1 is 1.12 bits per heavy atom. The number of ether oxygens (including phenoxy) is 2. The Hall–Kier alpha value is -4.13. The Morgan fingerprint density at radius 2 is 1.97 bits per heavy atom. The van der Waals surface area contributed by atoms with E-state index in [1.807, 2.05) is 56.3 Å². The highest BCUT2D eigenvalue weighted by molar-refractivity contribution is 6.07. The predicted octanol–water partition coefficient (Wildman–Crippen LogP) is 4.97. The summed E-state index contributed by atoms with van der Waals surface area (Å²) < 4.78 is 16.6. The van der Waals surface area contributed by atoms with Crippen LogP contribution < -0.4 is 14.9 Å². The zero-order chi connectivity index (χ0) is 22.5. The van der Waals surface area contributed by atoms with Crippen LogP contribution in [0.15, 0.2) is 70.2 Å². The third kappa shape index (κ3) is 4.46. The number of hydrogen-bond donors (Lipinski definition) is 1. The second-order valence-corrected chi connectivity index (χ2v) is 7.02. The Labute approximate surface area is 185 Å². The van der Waals surface area contributed by atoms with E-state index in [0.717, 1.165) is 16.7 Å². The van der Waals surface area contributed by atoms with Crippen molar-refractivity contribution in [3.63, 3.8) is 0 Å². The van der Waals surface area contributed by atoms with E-state index < -0.39 is 0 Å². The van der Waals surface area contributed by atoms with Gasteiger partial charge in [0.05, 0.1) is 31.0 Å². The van der Waals surface area contributed by atoms with Gasteiger partial charge in [0.2, 0.25) is 0 Å². The standard InChI is InChI=1S/C25H23N3O4/c1-4-31-23-12-10-17(13-24(23)30-3)15-26-28-25(29)19-14-21(22-11-9-16(2)32-22)27-20-8-6-5-7-18(19)20/h5-15H,4H2,1-3H3,(H,28,29)/b26-15+. The van der Waals surface area contributed by atoms with Gasteiger partial charge < -0.3 is 13.9 Å². The molecule has 0 aliphatic rings. The van der Waals surface area contributed by atoms with Gasteiger partial charge in [-0.15, -0.1) is 0 Å². The summed E-state index contributed by atoms with van der Waals surface area (Å²) in [4.78, 5) is 17.6. The van der Waals surface area contributed by atoms with Crippen LogP contribution in [0.4, 0.5) is 0 Å². The van der Waals surface area contributed by atoms with Gasteiger partial charge in [-0.25, -0.2) is 10.4 Å². The molecule has 0 radical (unpaired) electrons. The number of aryl methyl sites for hydroxylation is 1. The zero-order valence-electron chi connectivity index (χ0n) is 18.1. The maximum Gasteiger partial charge on any atom is 0.272 e. The van der Waals surface area contributed by atoms with E-state index in [1.54, 1.807) is 31.5 Å². The number of nitrogens with one attached hydrogen (secondary N) is 1. The average Bonchev–Trinajstić information content (AvgIpc) is 3.25. The first-order chi connectivity index (χ1) is 15.6. The minimum Gasteiger partial charge on any atom is -0.493 e. The minimum atomic E-state index is -0.345. The lowest BCUT2D eigenvalue weighted by Crippen LogP contribution is -2.18. The molecule has 1 amide bonds. The molecule has 32 heavy (non-hydrogen) atoms. The number of pyridine rings is 1. The molecule has 0 aliphatic carbocycles. The minimum absolute atomic E-state index is 0.345. The molecule has 0 saturated carbocycles. The number of para-hydroxylation sites is 1. The van der Waals surface area contributed by atoms with Crippen molar-refractivity contribution in [2.75, 3.05) is 13.7 Å². The summed E-state index contributed by atoms with van der Waals surface area (Å²) in [7, 11) is 1.58. The highest BCUT2D eigenvalue weighted by atomic mass is 16.5. The zero-order valence-corrected chi connectivity index (χ0v) is 18.1. The molecule has 7 heteroatoms. The van der Waals surface area contributed by atoms with E-state index in [9.17, 15) is 4.79 Å². The second-order valence-electron chi connectivity index (χ2n) is 7.02. The molecule has 0 fully saturated rings. The number of fused-ring (bicyclic) bond motifs is 1. The largest absolute Gasteiger partial charge is 0.493 e. The molecule has 0 saturated heterocycles. The second kappa shape index (κ2) is 9.34. The molecule has 4 rings (SSSR count). The number of amides is 1. The van der Waals surface area contributed by atoms with Gasteiger partial charge in [0.15, 0.2) is 17.3 Å². The van der Waals surface area contributed by atoms with Crippen molar-refractivity contribution >= 4 is 23.0 Å². The van der Waals surface area contributed by atoms with Gasteiger partial charge >= 0.3 is 0 Å². The Kier molecular flexibility index (Phi) is 6.17. The van der Waals surface area contributed by atoms with E-state index in [2.05, 4.69) is 15.5 Å². The van der Waals surface area contributed by atoms with Crippen LogP contribution >= 0.6 is 0 Å². The molecule has 0 unspecified atom stereocenters. The summed E-state index contributed by atoms with van der Waals surface area (Å²) >= 11 is 0. The fraction of sp³-hybridized carbons (Fsp3) is 0.160. The van der Waals surface area contributed by atoms with Crippen molar-refractivity contribution in [3.8, 4) is 23.0 Å². The van der Waals surface area contributed by atoms with Gasteiger partial charge in [-0.2, -0.15) is 5.10 Å². The summed E-state index contributed by atoms with van der Waals surface area (Å²) in [6.07, 6.45) is 1.55. The van der Waals surface area contributed by atoms with Crippen LogP contribution in [0.5, 0.6) is 11.5 Å². The summed E-state index contributed by atoms with van der Waals surface area (Å²) in [6, 6.07) is 18.3. The van der Waals surface area contributed by atoms with Crippen molar-refractivity contribution in [2.45, 2.75) is 13.8 Å². The number of methoxy groups -OCH3 is 1. The molecule has 162 valence electrons. The average molecular weight is 429 g/mol. The molecular weight excluding hydrogens is 406 g/mol. The van der Waals surface area contributed by atoms with Gasteiger partial charge in [-0.3, -0.25) is 4.79 Å². The normalized spacial score (nSPS) is 11.1. The number of carbonyl (C=O) groups excluding carboxylic acids is 1. The maximum absolute atomic E-state index is 13.0. The quantitative estimate of drug-likeness (QED) is 0.331. The van der Waals surface area contributed by atoms with Gasteiger partial charge in [0.25, 0.3) is 5.91 Å². The monoisotopic (exact) mass is 429 g/mol. The molecule has 0 aliphatic heterocycles. The Bertz CT molecular complexity index is 1290.